The second-order valence-electron chi connectivity index (χ2n) is 8.78. The molecule has 0 aromatic carbocycles. The SMILES string of the molecule is C[Si](CC[SiH3])(CCCN(C[P+]([O-])(O)O)C[P+]([O-])(O)O)CCCN(C[P+]([O-])(O)O)C[P+]([O-])(O)O.[Na+].[Na+].[Na+].[Na+]. The van der Waals surface area contributed by atoms with E-state index in [4.69, 9.17) is 0 Å². The molecular formula is C13H38N2Na4O12P4Si2+4. The predicted octanol–water partition coefficient (Wildman–Crippen LogP) is -16.5. The molecule has 0 atom stereocenters. The van der Waals surface area contributed by atoms with Gasteiger partial charge in [-0.05, 0) is 12.8 Å². The van der Waals surface area contributed by atoms with E-state index < -0.39 is 65.0 Å². The van der Waals surface area contributed by atoms with Gasteiger partial charge in [0.25, 0.3) is 0 Å². The van der Waals surface area contributed by atoms with E-state index in [9.17, 15) is 58.7 Å². The van der Waals surface area contributed by atoms with Gasteiger partial charge in [-0.3, -0.25) is 0 Å². The van der Waals surface area contributed by atoms with Crippen molar-refractivity contribution < 1.29 is 177 Å². The summed E-state index contributed by atoms with van der Waals surface area (Å²) >= 11 is 0. The molecule has 0 saturated carbocycles. The van der Waals surface area contributed by atoms with Gasteiger partial charge in [-0.2, -0.15) is 0 Å². The fourth-order valence-corrected chi connectivity index (χ4v) is 14.8. The molecule has 8 N–H and O–H groups in total. The van der Waals surface area contributed by atoms with Crippen LogP contribution in [0.15, 0.2) is 0 Å². The molecule has 0 amide bonds. The molecule has 0 bridgehead atoms. The van der Waals surface area contributed by atoms with E-state index in [1.807, 2.05) is 0 Å². The Labute approximate surface area is 314 Å². The molecule has 0 spiro atoms. The molecule has 24 heteroatoms. The summed E-state index contributed by atoms with van der Waals surface area (Å²) in [5.41, 5.74) is 0. The van der Waals surface area contributed by atoms with Crippen LogP contribution in [0.4, 0.5) is 0 Å². The number of hydrogen-bond acceptors (Lipinski definition) is 14. The Hall–Kier alpha value is 5.59. The summed E-state index contributed by atoms with van der Waals surface area (Å²) < 4.78 is 0. The number of hydrogen-bond donors (Lipinski definition) is 8. The maximum absolute atomic E-state index is 11.3. The Morgan fingerprint density at radius 3 is 1.00 bits per heavy atom. The van der Waals surface area contributed by atoms with Gasteiger partial charge < -0.3 is 19.6 Å². The molecular weight excluding hydrogens is 648 g/mol. The molecule has 0 radical (unpaired) electrons. The smallest absolute Gasteiger partial charge is 0.631 e. The summed E-state index contributed by atoms with van der Waals surface area (Å²) in [5, 5.41) is 0. The minimum atomic E-state index is -4.50. The third kappa shape index (κ3) is 34.3. The van der Waals surface area contributed by atoms with Crippen molar-refractivity contribution in [2.45, 2.75) is 43.6 Å². The number of nitrogens with zero attached hydrogens (tertiary/aromatic N) is 2. The van der Waals surface area contributed by atoms with Gasteiger partial charge in [0.1, 0.15) is 0 Å². The Morgan fingerprint density at radius 2 is 0.811 bits per heavy atom. The molecule has 0 rings (SSSR count). The van der Waals surface area contributed by atoms with Gasteiger partial charge in [-0.1, -0.05) is 30.7 Å². The quantitative estimate of drug-likeness (QED) is 0.0492. The van der Waals surface area contributed by atoms with E-state index in [0.717, 1.165) is 32.1 Å². The van der Waals surface area contributed by atoms with Gasteiger partial charge in [0.15, 0.2) is 25.1 Å². The van der Waals surface area contributed by atoms with Crippen LogP contribution in [0, 0.1) is 0 Å². The van der Waals surface area contributed by atoms with Gasteiger partial charge in [-0.25, -0.2) is 48.9 Å². The molecule has 0 fully saturated rings. The monoisotopic (exact) mass is 686 g/mol. The average Bonchev–Trinajstić information content (AvgIpc) is 2.48. The summed E-state index contributed by atoms with van der Waals surface area (Å²) in [4.78, 5) is 121. The molecule has 0 heterocycles. The molecule has 37 heavy (non-hydrogen) atoms. The van der Waals surface area contributed by atoms with Crippen molar-refractivity contribution in [1.29, 1.82) is 0 Å². The predicted molar refractivity (Wildman–Crippen MR) is 128 cm³/mol. The fourth-order valence-electron chi connectivity index (χ4n) is 3.85. The van der Waals surface area contributed by atoms with Crippen LogP contribution in [-0.2, 0) is 0 Å². The standard InChI is InChI=1S/C13H38N2O12P4Si2.4Na/c1-33(9-6-32,7-2-4-14(10-28(16,17)18)11-29(19,20)21)8-3-5-15(12-30(22,23)24)13-31(25,26)27;;;;/h2-13H2,1,32H3,(H2,16,17,18)(H2,19,20,21)(H2,22,23,24)(H2,25,26,27);;;;/q;4*+1. The van der Waals surface area contributed by atoms with Crippen molar-refractivity contribution in [3.8, 4) is 0 Å². The fraction of sp³-hybridized carbons (Fsp3) is 1.00. The summed E-state index contributed by atoms with van der Waals surface area (Å²) in [6.45, 7) is 2.32. The van der Waals surface area contributed by atoms with Crippen LogP contribution in [0.2, 0.25) is 30.7 Å². The first-order valence-corrected chi connectivity index (χ1v) is 22.0. The van der Waals surface area contributed by atoms with Crippen molar-refractivity contribution in [3.05, 3.63) is 0 Å². The molecule has 0 aromatic rings. The zero-order valence-corrected chi connectivity index (χ0v) is 37.5. The Bertz CT molecular complexity index is 504. The summed E-state index contributed by atoms with van der Waals surface area (Å²) in [6, 6.07) is 3.38. The van der Waals surface area contributed by atoms with Crippen molar-refractivity contribution in [3.63, 3.8) is 0 Å². The topological polar surface area (TPSA) is 261 Å². The van der Waals surface area contributed by atoms with Crippen LogP contribution in [-0.4, -0.2) is 105 Å². The molecule has 0 aliphatic carbocycles. The minimum absolute atomic E-state index is 0. The van der Waals surface area contributed by atoms with Gasteiger partial charge in [-0.15, -0.1) is 0 Å². The molecule has 0 saturated heterocycles. The van der Waals surface area contributed by atoms with Crippen LogP contribution < -0.4 is 138 Å². The van der Waals surface area contributed by atoms with Crippen LogP contribution in [0.25, 0.3) is 0 Å². The zero-order valence-electron chi connectivity index (χ0n) is 22.9. The van der Waals surface area contributed by atoms with Crippen molar-refractivity contribution in [2.24, 2.45) is 0 Å². The van der Waals surface area contributed by atoms with E-state index in [2.05, 4.69) is 6.55 Å². The zero-order chi connectivity index (χ0) is 26.1. The molecule has 200 valence electrons. The van der Waals surface area contributed by atoms with E-state index in [1.54, 1.807) is 0 Å². The first kappa shape index (κ1) is 52.1. The van der Waals surface area contributed by atoms with E-state index >= 15 is 0 Å². The Balaban J connectivity index is -0.000000853. The normalized spacial score (nSPS) is 13.1. The average molecular weight is 686 g/mol. The van der Waals surface area contributed by atoms with Crippen LogP contribution in [0.1, 0.15) is 12.8 Å². The van der Waals surface area contributed by atoms with Crippen molar-refractivity contribution in [1.82, 2.24) is 9.80 Å². The van der Waals surface area contributed by atoms with Crippen LogP contribution in [0.5, 0.6) is 0 Å². The molecule has 0 aliphatic heterocycles. The van der Waals surface area contributed by atoms with E-state index in [0.29, 0.717) is 24.9 Å². The van der Waals surface area contributed by atoms with Gasteiger partial charge in [0.2, 0.25) is 31.8 Å². The number of rotatable bonds is 18. The van der Waals surface area contributed by atoms with Crippen molar-refractivity contribution >= 4 is 50.1 Å². The summed E-state index contributed by atoms with van der Waals surface area (Å²) in [5.74, 6) is 0. The first-order valence-electron chi connectivity index (χ1n) is 10.3. The summed E-state index contributed by atoms with van der Waals surface area (Å²) in [6.07, 6.45) is -2.07. The largest absolute Gasteiger partial charge is 1.00 e. The molecule has 14 nitrogen and oxygen atoms in total. The summed E-state index contributed by atoms with van der Waals surface area (Å²) in [7, 11) is -18.9. The van der Waals surface area contributed by atoms with Gasteiger partial charge in [0.05, 0.1) is 8.07 Å². The maximum Gasteiger partial charge on any atom is 1.00 e. The van der Waals surface area contributed by atoms with Gasteiger partial charge in [0, 0.05) is 23.3 Å². The second-order valence-corrected chi connectivity index (χ2v) is 21.4. The third-order valence-electron chi connectivity index (χ3n) is 4.90. The van der Waals surface area contributed by atoms with Gasteiger partial charge >= 0.3 is 118 Å². The molecule has 0 aromatic heterocycles. The molecule has 0 unspecified atom stereocenters. The minimum Gasteiger partial charge on any atom is -0.631 e. The Morgan fingerprint density at radius 1 is 0.568 bits per heavy atom. The maximum atomic E-state index is 11.3. The second kappa shape index (κ2) is 23.9. The van der Waals surface area contributed by atoms with Crippen LogP contribution >= 0.6 is 31.8 Å². The molecule has 0 aliphatic rings. The van der Waals surface area contributed by atoms with Crippen molar-refractivity contribution in [2.75, 3.05) is 38.2 Å². The van der Waals surface area contributed by atoms with E-state index in [-0.39, 0.29) is 131 Å². The van der Waals surface area contributed by atoms with E-state index in [1.165, 1.54) is 0 Å². The Kier molecular flexibility index (Phi) is 33.6. The van der Waals surface area contributed by atoms with Crippen LogP contribution in [0.3, 0.4) is 0 Å². The third-order valence-corrected chi connectivity index (χ3v) is 14.3. The first-order chi connectivity index (χ1) is 14.6.